The number of carbonyl (C=O) groups excluding carboxylic acids is 2. The molecule has 0 N–H and O–H groups in total. The fourth-order valence-corrected chi connectivity index (χ4v) is 3.75. The van der Waals surface area contributed by atoms with Gasteiger partial charge in [-0.05, 0) is 51.0 Å². The predicted molar refractivity (Wildman–Crippen MR) is 107 cm³/mol. The van der Waals surface area contributed by atoms with Gasteiger partial charge >= 0.3 is 11.9 Å². The summed E-state index contributed by atoms with van der Waals surface area (Å²) in [5, 5.41) is 0. The average Bonchev–Trinajstić information content (AvgIpc) is 2.67. The van der Waals surface area contributed by atoms with Crippen LogP contribution in [0.1, 0.15) is 43.0 Å². The van der Waals surface area contributed by atoms with Crippen LogP contribution in [-0.2, 0) is 9.47 Å². The Bertz CT molecular complexity index is 866. The van der Waals surface area contributed by atoms with Gasteiger partial charge in [0.05, 0.1) is 39.6 Å². The number of hydrogen-bond acceptors (Lipinski definition) is 6. The zero-order valence-corrected chi connectivity index (χ0v) is 17.6. The van der Waals surface area contributed by atoms with Gasteiger partial charge in [-0.15, -0.1) is 0 Å². The van der Waals surface area contributed by atoms with E-state index in [-0.39, 0.29) is 0 Å². The standard InChI is InChI=1S/C22H26O6/c1-11-9-15(21(23)27-7)17(13(3)19(11)25-5)18-14(4)20(26-6)12(2)10-16(18)22(24)28-8/h9-10H,1-8H3. The number of esters is 2. The van der Waals surface area contributed by atoms with Crippen molar-refractivity contribution in [3.8, 4) is 22.6 Å². The summed E-state index contributed by atoms with van der Waals surface area (Å²) in [7, 11) is 5.79. The molecule has 6 nitrogen and oxygen atoms in total. The van der Waals surface area contributed by atoms with Gasteiger partial charge in [-0.25, -0.2) is 9.59 Å². The summed E-state index contributed by atoms with van der Waals surface area (Å²) in [6.45, 7) is 7.40. The minimum absolute atomic E-state index is 0.345. The molecule has 0 saturated heterocycles. The van der Waals surface area contributed by atoms with Crippen LogP contribution >= 0.6 is 0 Å². The lowest BCUT2D eigenvalue weighted by Crippen LogP contribution is -2.12. The Balaban J connectivity index is 3.09. The summed E-state index contributed by atoms with van der Waals surface area (Å²) in [4.78, 5) is 25.2. The second-order valence-electron chi connectivity index (χ2n) is 6.53. The highest BCUT2D eigenvalue weighted by atomic mass is 16.5. The van der Waals surface area contributed by atoms with Crippen LogP contribution in [0.15, 0.2) is 12.1 Å². The lowest BCUT2D eigenvalue weighted by Gasteiger charge is -2.22. The topological polar surface area (TPSA) is 71.1 Å². The van der Waals surface area contributed by atoms with Crippen molar-refractivity contribution < 1.29 is 28.5 Å². The number of aryl methyl sites for hydroxylation is 2. The van der Waals surface area contributed by atoms with Crippen molar-refractivity contribution in [1.82, 2.24) is 0 Å². The second-order valence-corrected chi connectivity index (χ2v) is 6.53. The summed E-state index contributed by atoms with van der Waals surface area (Å²) in [5.41, 5.74) is 4.84. The lowest BCUT2D eigenvalue weighted by molar-refractivity contribution is 0.0589. The zero-order valence-electron chi connectivity index (χ0n) is 17.6. The predicted octanol–water partition coefficient (Wildman–Crippen LogP) is 4.18. The highest BCUT2D eigenvalue weighted by Gasteiger charge is 2.28. The number of rotatable bonds is 5. The molecule has 0 saturated carbocycles. The molecule has 0 fully saturated rings. The van der Waals surface area contributed by atoms with Crippen molar-refractivity contribution >= 4 is 11.9 Å². The molecular weight excluding hydrogens is 360 g/mol. The number of carbonyl (C=O) groups is 2. The van der Waals surface area contributed by atoms with Crippen molar-refractivity contribution in [1.29, 1.82) is 0 Å². The third-order valence-corrected chi connectivity index (χ3v) is 4.88. The maximum Gasteiger partial charge on any atom is 0.338 e. The highest BCUT2D eigenvalue weighted by Crippen LogP contribution is 2.43. The van der Waals surface area contributed by atoms with E-state index in [2.05, 4.69) is 0 Å². The first-order chi connectivity index (χ1) is 13.2. The molecule has 0 spiro atoms. The minimum Gasteiger partial charge on any atom is -0.496 e. The molecule has 0 bridgehead atoms. The largest absolute Gasteiger partial charge is 0.496 e. The van der Waals surface area contributed by atoms with Crippen LogP contribution < -0.4 is 9.47 Å². The maximum absolute atomic E-state index is 12.6. The average molecular weight is 386 g/mol. The number of ether oxygens (including phenoxy) is 4. The van der Waals surface area contributed by atoms with Crippen LogP contribution in [0, 0.1) is 27.7 Å². The van der Waals surface area contributed by atoms with Gasteiger partial charge in [0, 0.05) is 22.3 Å². The van der Waals surface area contributed by atoms with E-state index >= 15 is 0 Å². The Labute approximate surface area is 165 Å². The maximum atomic E-state index is 12.6. The molecule has 2 rings (SSSR count). The van der Waals surface area contributed by atoms with Gasteiger partial charge in [0.1, 0.15) is 11.5 Å². The van der Waals surface area contributed by atoms with E-state index < -0.39 is 11.9 Å². The molecule has 2 aromatic rings. The SMILES string of the molecule is COC(=O)c1cc(C)c(OC)c(C)c1-c1c(C(=O)OC)cc(C)c(OC)c1C. The zero-order chi connectivity index (χ0) is 21.2. The van der Waals surface area contributed by atoms with Crippen LogP contribution in [0.5, 0.6) is 11.5 Å². The molecule has 0 radical (unpaired) electrons. The van der Waals surface area contributed by atoms with E-state index in [0.717, 1.165) is 22.3 Å². The lowest BCUT2D eigenvalue weighted by atomic mass is 9.85. The Morgan fingerprint density at radius 2 is 0.964 bits per heavy atom. The fraction of sp³-hybridized carbons (Fsp3) is 0.364. The molecule has 0 atom stereocenters. The quantitative estimate of drug-likeness (QED) is 0.718. The molecular formula is C22H26O6. The number of hydrogen-bond donors (Lipinski definition) is 0. The summed E-state index contributed by atoms with van der Waals surface area (Å²) >= 11 is 0. The van der Waals surface area contributed by atoms with E-state index in [4.69, 9.17) is 18.9 Å². The summed E-state index contributed by atoms with van der Waals surface area (Å²) in [6, 6.07) is 3.42. The van der Waals surface area contributed by atoms with Crippen molar-refractivity contribution in [3.05, 3.63) is 45.5 Å². The molecule has 2 aromatic carbocycles. The highest BCUT2D eigenvalue weighted by molar-refractivity contribution is 6.06. The van der Waals surface area contributed by atoms with E-state index in [9.17, 15) is 9.59 Å². The van der Waals surface area contributed by atoms with Gasteiger partial charge < -0.3 is 18.9 Å². The van der Waals surface area contributed by atoms with Crippen molar-refractivity contribution in [2.75, 3.05) is 28.4 Å². The number of methoxy groups -OCH3 is 4. The van der Waals surface area contributed by atoms with E-state index in [1.165, 1.54) is 14.2 Å². The van der Waals surface area contributed by atoms with Gasteiger partial charge in [0.2, 0.25) is 0 Å². The van der Waals surface area contributed by atoms with Crippen molar-refractivity contribution in [3.63, 3.8) is 0 Å². The molecule has 0 heterocycles. The van der Waals surface area contributed by atoms with E-state index in [1.54, 1.807) is 26.4 Å². The molecule has 150 valence electrons. The molecule has 0 aromatic heterocycles. The molecule has 0 aliphatic rings. The monoisotopic (exact) mass is 386 g/mol. The van der Waals surface area contributed by atoms with Gasteiger partial charge in [-0.3, -0.25) is 0 Å². The van der Waals surface area contributed by atoms with Crippen molar-refractivity contribution in [2.45, 2.75) is 27.7 Å². The smallest absolute Gasteiger partial charge is 0.338 e. The molecule has 0 aliphatic heterocycles. The summed E-state index contributed by atoms with van der Waals surface area (Å²) in [5.74, 6) is 0.270. The molecule has 0 amide bonds. The normalized spacial score (nSPS) is 10.4. The Morgan fingerprint density at radius 1 is 0.643 bits per heavy atom. The first kappa shape index (κ1) is 21.3. The third kappa shape index (κ3) is 3.42. The van der Waals surface area contributed by atoms with Crippen molar-refractivity contribution in [2.24, 2.45) is 0 Å². The third-order valence-electron chi connectivity index (χ3n) is 4.88. The fourth-order valence-electron chi connectivity index (χ4n) is 3.75. The van der Waals surface area contributed by atoms with Crippen LogP contribution in [0.25, 0.3) is 11.1 Å². The van der Waals surface area contributed by atoms with Gasteiger partial charge in [0.15, 0.2) is 0 Å². The van der Waals surface area contributed by atoms with Gasteiger partial charge in [-0.2, -0.15) is 0 Å². The van der Waals surface area contributed by atoms with Crippen LogP contribution in [0.4, 0.5) is 0 Å². The Hall–Kier alpha value is -3.02. The van der Waals surface area contributed by atoms with Gasteiger partial charge in [0.25, 0.3) is 0 Å². The first-order valence-electron chi connectivity index (χ1n) is 8.76. The Kier molecular flexibility index (Phi) is 6.33. The van der Waals surface area contributed by atoms with Crippen LogP contribution in [-0.4, -0.2) is 40.4 Å². The second kappa shape index (κ2) is 8.33. The van der Waals surface area contributed by atoms with Gasteiger partial charge in [-0.1, -0.05) is 0 Å². The minimum atomic E-state index is -0.501. The van der Waals surface area contributed by atoms with Crippen LogP contribution in [0.3, 0.4) is 0 Å². The molecule has 28 heavy (non-hydrogen) atoms. The molecule has 6 heteroatoms. The number of benzene rings is 2. The van der Waals surface area contributed by atoms with E-state index in [1.807, 2.05) is 27.7 Å². The first-order valence-corrected chi connectivity index (χ1v) is 8.76. The summed E-state index contributed by atoms with van der Waals surface area (Å²) < 4.78 is 21.1. The molecule has 0 aliphatic carbocycles. The Morgan fingerprint density at radius 3 is 1.21 bits per heavy atom. The summed E-state index contributed by atoms with van der Waals surface area (Å²) in [6.07, 6.45) is 0. The van der Waals surface area contributed by atoms with E-state index in [0.29, 0.717) is 33.8 Å². The van der Waals surface area contributed by atoms with Crippen LogP contribution in [0.2, 0.25) is 0 Å². The molecule has 0 unspecified atom stereocenters.